The van der Waals surface area contributed by atoms with Crippen molar-refractivity contribution in [3.05, 3.63) is 53.2 Å². The van der Waals surface area contributed by atoms with Gasteiger partial charge in [0.1, 0.15) is 19.0 Å². The molecule has 5 rings (SSSR count). The third-order valence-electron chi connectivity index (χ3n) is 9.92. The number of aromatic nitrogens is 1. The number of nitrogens with zero attached hydrogens (tertiary/aromatic N) is 6. The first-order chi connectivity index (χ1) is 22.1. The Morgan fingerprint density at radius 1 is 1.07 bits per heavy atom. The Bertz CT molecular complexity index is 1400. The van der Waals surface area contributed by atoms with Gasteiger partial charge in [-0.05, 0) is 77.2 Å². The average molecular weight is 630 g/mol. The van der Waals surface area contributed by atoms with Crippen LogP contribution in [-0.4, -0.2) is 97.1 Å². The van der Waals surface area contributed by atoms with Crippen molar-refractivity contribution >= 4 is 28.7 Å². The lowest BCUT2D eigenvalue weighted by molar-refractivity contribution is -0.132. The third kappa shape index (κ3) is 7.68. The summed E-state index contributed by atoms with van der Waals surface area (Å²) in [5.41, 5.74) is 7.91. The topological polar surface area (TPSA) is 76.5 Å². The zero-order valence-corrected chi connectivity index (χ0v) is 29.2. The number of nitrogens with one attached hydrogen (secondary N) is 1. The van der Waals surface area contributed by atoms with Gasteiger partial charge in [-0.25, -0.2) is 4.98 Å². The van der Waals surface area contributed by atoms with E-state index in [0.29, 0.717) is 25.7 Å². The Morgan fingerprint density at radius 3 is 2.43 bits per heavy atom. The molecule has 0 bridgehead atoms. The number of fused-ring (bicyclic) bond motifs is 1. The van der Waals surface area contributed by atoms with Crippen molar-refractivity contribution in [2.45, 2.75) is 85.7 Å². The fourth-order valence-corrected chi connectivity index (χ4v) is 7.14. The summed E-state index contributed by atoms with van der Waals surface area (Å²) in [6.07, 6.45) is 7.90. The number of piperazine rings is 1. The molecule has 0 atom stereocenters. The van der Waals surface area contributed by atoms with Crippen LogP contribution in [0.3, 0.4) is 0 Å². The molecule has 0 aliphatic carbocycles. The van der Waals surface area contributed by atoms with Gasteiger partial charge in [0.15, 0.2) is 0 Å². The zero-order valence-electron chi connectivity index (χ0n) is 29.2. The van der Waals surface area contributed by atoms with Crippen LogP contribution in [-0.2, 0) is 11.2 Å². The maximum Gasteiger partial charge on any atom is 0.238 e. The smallest absolute Gasteiger partial charge is 0.238 e. The molecule has 2 aromatic rings. The van der Waals surface area contributed by atoms with Crippen LogP contribution in [0.15, 0.2) is 47.1 Å². The van der Waals surface area contributed by atoms with E-state index in [1.807, 2.05) is 11.1 Å². The van der Waals surface area contributed by atoms with Crippen molar-refractivity contribution < 1.29 is 9.53 Å². The normalized spacial score (nSPS) is 19.5. The van der Waals surface area contributed by atoms with Crippen LogP contribution in [0.1, 0.15) is 71.9 Å². The molecule has 1 N–H and O–H groups in total. The van der Waals surface area contributed by atoms with Crippen molar-refractivity contribution in [1.29, 1.82) is 0 Å². The highest BCUT2D eigenvalue weighted by atomic mass is 16.5. The highest BCUT2D eigenvalue weighted by Crippen LogP contribution is 2.41. The van der Waals surface area contributed by atoms with E-state index < -0.39 is 0 Å². The number of ether oxygens (including phenoxy) is 1. The number of allylic oxidation sites excluding steroid dienone is 1. The number of anilines is 3. The number of benzene rings is 1. The van der Waals surface area contributed by atoms with E-state index in [1.54, 1.807) is 0 Å². The van der Waals surface area contributed by atoms with E-state index in [0.717, 1.165) is 86.5 Å². The monoisotopic (exact) mass is 629 g/mol. The standard InChI is InChI=1S/C37H55N7O2/c1-8-29-15-16-43(33-24-38-36-35(27(33)4)44(21-22-46-36)37(5,6)7)25-32(29)40-26-39-30-13-11-28(12-14-30)23-34(45)42-19-17-41(18-20-42)31(9-2)10-3/h8,11-14,24,31,39H,9-10,15-23,25-26H2,1-7H3/b29-8-,40-32-. The number of rotatable bonds is 9. The SMILES string of the molecule is C/C=C1/CCN(c2cnc3c(c2C)N(C(C)(C)C)CCO3)C/C1=N/CNc1ccc(CC(=O)N2CCN(C(CC)CC)CC2)cc1. The Morgan fingerprint density at radius 2 is 1.78 bits per heavy atom. The highest BCUT2D eigenvalue weighted by molar-refractivity contribution is 6.04. The Kier molecular flexibility index (Phi) is 10.9. The van der Waals surface area contributed by atoms with Gasteiger partial charge in [0.25, 0.3) is 0 Å². The van der Waals surface area contributed by atoms with Gasteiger partial charge in [0.2, 0.25) is 11.8 Å². The van der Waals surface area contributed by atoms with Crippen molar-refractivity contribution in [3.63, 3.8) is 0 Å². The molecule has 2 fully saturated rings. The number of amides is 1. The van der Waals surface area contributed by atoms with Crippen LogP contribution in [0.2, 0.25) is 0 Å². The fourth-order valence-electron chi connectivity index (χ4n) is 7.14. The maximum absolute atomic E-state index is 13.0. The van der Waals surface area contributed by atoms with Crippen LogP contribution in [0, 0.1) is 6.92 Å². The minimum absolute atomic E-state index is 0.0158. The van der Waals surface area contributed by atoms with Crippen LogP contribution >= 0.6 is 0 Å². The quantitative estimate of drug-likeness (QED) is 0.369. The maximum atomic E-state index is 13.0. The molecule has 3 aliphatic rings. The van der Waals surface area contributed by atoms with E-state index >= 15 is 0 Å². The lowest BCUT2D eigenvalue weighted by Crippen LogP contribution is -2.52. The molecule has 4 heterocycles. The highest BCUT2D eigenvalue weighted by Gasteiger charge is 2.32. The van der Waals surface area contributed by atoms with E-state index in [9.17, 15) is 4.79 Å². The predicted molar refractivity (Wildman–Crippen MR) is 191 cm³/mol. The Labute approximate surface area is 276 Å². The molecule has 0 spiro atoms. The zero-order chi connectivity index (χ0) is 32.8. The molecule has 1 aromatic carbocycles. The van der Waals surface area contributed by atoms with Crippen LogP contribution in [0.4, 0.5) is 17.1 Å². The summed E-state index contributed by atoms with van der Waals surface area (Å²) < 4.78 is 5.96. The van der Waals surface area contributed by atoms with Crippen molar-refractivity contribution in [1.82, 2.24) is 14.8 Å². The number of hydrogen-bond acceptors (Lipinski definition) is 8. The first-order valence-corrected chi connectivity index (χ1v) is 17.3. The summed E-state index contributed by atoms with van der Waals surface area (Å²) >= 11 is 0. The van der Waals surface area contributed by atoms with Gasteiger partial charge in [0, 0.05) is 55.6 Å². The van der Waals surface area contributed by atoms with Crippen molar-refractivity contribution in [2.75, 3.05) is 74.2 Å². The van der Waals surface area contributed by atoms with Gasteiger partial charge < -0.3 is 24.8 Å². The average Bonchev–Trinajstić information content (AvgIpc) is 3.06. The number of piperidine rings is 1. The third-order valence-corrected chi connectivity index (χ3v) is 9.92. The Hall–Kier alpha value is -3.59. The first kappa shape index (κ1) is 33.8. The van der Waals surface area contributed by atoms with E-state index in [1.165, 1.54) is 24.0 Å². The first-order valence-electron chi connectivity index (χ1n) is 17.3. The summed E-state index contributed by atoms with van der Waals surface area (Å²) in [5.74, 6) is 0.956. The van der Waals surface area contributed by atoms with Crippen LogP contribution in [0.5, 0.6) is 5.88 Å². The molecule has 9 nitrogen and oxygen atoms in total. The molecule has 46 heavy (non-hydrogen) atoms. The van der Waals surface area contributed by atoms with Crippen LogP contribution in [0.25, 0.3) is 0 Å². The molecule has 250 valence electrons. The molecule has 1 aromatic heterocycles. The number of carbonyl (C=O) groups excluding carboxylic acids is 1. The van der Waals surface area contributed by atoms with Crippen LogP contribution < -0.4 is 19.9 Å². The molecular weight excluding hydrogens is 574 g/mol. The lowest BCUT2D eigenvalue weighted by atomic mass is 9.99. The van der Waals surface area contributed by atoms with Gasteiger partial charge in [-0.1, -0.05) is 32.1 Å². The molecule has 2 saturated heterocycles. The summed E-state index contributed by atoms with van der Waals surface area (Å²) in [5, 5.41) is 3.47. The van der Waals surface area contributed by atoms with Gasteiger partial charge >= 0.3 is 0 Å². The molecule has 0 unspecified atom stereocenters. The Balaban J connectivity index is 1.18. The van der Waals surface area contributed by atoms with Gasteiger partial charge in [0.05, 0.1) is 37.1 Å². The second-order valence-corrected chi connectivity index (χ2v) is 13.8. The number of hydrogen-bond donors (Lipinski definition) is 1. The van der Waals surface area contributed by atoms with E-state index in [4.69, 9.17) is 14.7 Å². The molecule has 0 saturated carbocycles. The molecule has 3 aliphatic heterocycles. The molecule has 9 heteroatoms. The number of pyridine rings is 1. The van der Waals surface area contributed by atoms with Gasteiger partial charge in [-0.15, -0.1) is 0 Å². The summed E-state index contributed by atoms with van der Waals surface area (Å²) in [4.78, 5) is 32.2. The summed E-state index contributed by atoms with van der Waals surface area (Å²) in [6.45, 7) is 22.8. The molecular formula is C37H55N7O2. The van der Waals surface area contributed by atoms with Crippen molar-refractivity contribution in [2.24, 2.45) is 4.99 Å². The van der Waals surface area contributed by atoms with Crippen molar-refractivity contribution in [3.8, 4) is 5.88 Å². The summed E-state index contributed by atoms with van der Waals surface area (Å²) in [6, 6.07) is 8.87. The fraction of sp³-hybridized carbons (Fsp3) is 0.595. The second-order valence-electron chi connectivity index (χ2n) is 13.8. The second kappa shape index (κ2) is 14.9. The molecule has 1 amide bonds. The predicted octanol–water partition coefficient (Wildman–Crippen LogP) is 5.93. The lowest BCUT2D eigenvalue weighted by Gasteiger charge is -2.42. The van der Waals surface area contributed by atoms with Gasteiger partial charge in [-0.2, -0.15) is 0 Å². The van der Waals surface area contributed by atoms with E-state index in [-0.39, 0.29) is 11.4 Å². The number of carbonyl (C=O) groups is 1. The van der Waals surface area contributed by atoms with Gasteiger partial charge in [-0.3, -0.25) is 14.7 Å². The molecule has 0 radical (unpaired) electrons. The number of aliphatic imine (C=N–C) groups is 1. The minimum Gasteiger partial charge on any atom is -0.474 e. The summed E-state index contributed by atoms with van der Waals surface area (Å²) in [7, 11) is 0. The minimum atomic E-state index is -0.0158. The largest absolute Gasteiger partial charge is 0.474 e. The van der Waals surface area contributed by atoms with E-state index in [2.05, 4.69) is 98.8 Å².